The van der Waals surface area contributed by atoms with E-state index in [1.165, 1.54) is 18.8 Å². The number of likely N-dealkylation sites (tertiary alicyclic amines) is 1. The van der Waals surface area contributed by atoms with Crippen molar-refractivity contribution in [3.8, 4) is 5.88 Å². The van der Waals surface area contributed by atoms with Crippen LogP contribution in [0.2, 0.25) is 0 Å². The maximum absolute atomic E-state index is 12.6. The van der Waals surface area contributed by atoms with Crippen molar-refractivity contribution in [1.29, 1.82) is 0 Å². The van der Waals surface area contributed by atoms with Crippen LogP contribution in [0, 0.1) is 17.8 Å². The van der Waals surface area contributed by atoms with E-state index in [2.05, 4.69) is 65.3 Å². The quantitative estimate of drug-likeness (QED) is 0.419. The molecule has 7 nitrogen and oxygen atoms in total. The third-order valence-corrected chi connectivity index (χ3v) is 7.48. The molecule has 2 aromatic carbocycles. The topological polar surface area (TPSA) is 84.0 Å². The number of amides is 1. The first kappa shape index (κ1) is 24.4. The number of hydrogen-bond acceptors (Lipinski definition) is 5. The fourth-order valence-corrected chi connectivity index (χ4v) is 5.65. The van der Waals surface area contributed by atoms with Crippen LogP contribution in [0.25, 0.3) is 10.9 Å². The van der Waals surface area contributed by atoms with Crippen molar-refractivity contribution in [1.82, 2.24) is 15.2 Å². The Kier molecular flexibility index (Phi) is 6.75. The number of anilines is 1. The van der Waals surface area contributed by atoms with Gasteiger partial charge in [0.15, 0.2) is 5.88 Å². The highest BCUT2D eigenvalue weighted by Crippen LogP contribution is 2.35. The molecule has 3 aromatic rings. The van der Waals surface area contributed by atoms with Gasteiger partial charge in [-0.25, -0.2) is 0 Å². The lowest BCUT2D eigenvalue weighted by Crippen LogP contribution is -2.27. The highest BCUT2D eigenvalue weighted by atomic mass is 16.3. The summed E-state index contributed by atoms with van der Waals surface area (Å²) >= 11 is 0. The maximum atomic E-state index is 12.6. The summed E-state index contributed by atoms with van der Waals surface area (Å²) in [6, 6.07) is 13.9. The molecule has 0 unspecified atom stereocenters. The second kappa shape index (κ2) is 9.97. The number of aliphatic imine (C=N–C) groups is 1. The van der Waals surface area contributed by atoms with E-state index in [1.807, 2.05) is 19.1 Å². The number of rotatable bonds is 7. The molecule has 0 aliphatic carbocycles. The highest BCUT2D eigenvalue weighted by molar-refractivity contribution is 6.14. The highest BCUT2D eigenvalue weighted by Gasteiger charge is 2.38. The summed E-state index contributed by atoms with van der Waals surface area (Å²) in [5, 5.41) is 14.5. The molecule has 0 saturated carbocycles. The van der Waals surface area contributed by atoms with Crippen LogP contribution >= 0.6 is 0 Å². The summed E-state index contributed by atoms with van der Waals surface area (Å²) in [7, 11) is 2.22. The van der Waals surface area contributed by atoms with Crippen LogP contribution in [0.3, 0.4) is 0 Å². The van der Waals surface area contributed by atoms with Gasteiger partial charge in [-0.15, -0.1) is 0 Å². The molecule has 0 radical (unpaired) electrons. The summed E-state index contributed by atoms with van der Waals surface area (Å²) < 4.78 is 0. The molecule has 190 valence electrons. The minimum Gasteiger partial charge on any atom is -0.494 e. The van der Waals surface area contributed by atoms with E-state index in [0.717, 1.165) is 47.2 Å². The zero-order chi connectivity index (χ0) is 25.4. The van der Waals surface area contributed by atoms with Gasteiger partial charge >= 0.3 is 0 Å². The van der Waals surface area contributed by atoms with Crippen LogP contribution < -0.4 is 10.2 Å². The number of nitrogens with zero attached hydrogens (tertiary/aromatic N) is 3. The Labute approximate surface area is 213 Å². The first-order chi connectivity index (χ1) is 17.3. The zero-order valence-corrected chi connectivity index (χ0v) is 21.7. The van der Waals surface area contributed by atoms with E-state index in [4.69, 9.17) is 4.99 Å². The average molecular weight is 488 g/mol. The standard InChI is InChI=1S/C29H37N5O2/c1-5-25(27-24-12-19(28(35)30-13-18(2)3)6-11-26(24)32-29(27)36)31-22-7-9-23(10-8-22)34-16-20-14-33(4)15-21(20)17-34/h6-12,18,20-21,32,36H,5,13-17H2,1-4H3,(H,30,35)/t20-,21+. The van der Waals surface area contributed by atoms with E-state index in [9.17, 15) is 9.90 Å². The molecule has 0 spiro atoms. The van der Waals surface area contributed by atoms with Crippen molar-refractivity contribution in [2.75, 3.05) is 44.7 Å². The normalized spacial score (nSPS) is 20.5. The van der Waals surface area contributed by atoms with Crippen molar-refractivity contribution >= 4 is 33.9 Å². The van der Waals surface area contributed by atoms with E-state index in [1.54, 1.807) is 6.07 Å². The Balaban J connectivity index is 1.39. The van der Waals surface area contributed by atoms with Crippen molar-refractivity contribution in [3.05, 3.63) is 53.6 Å². The molecule has 2 aliphatic rings. The maximum Gasteiger partial charge on any atom is 0.251 e. The molecule has 36 heavy (non-hydrogen) atoms. The summed E-state index contributed by atoms with van der Waals surface area (Å²) in [4.78, 5) is 25.5. The summed E-state index contributed by atoms with van der Waals surface area (Å²) in [6.45, 7) is 11.4. The van der Waals surface area contributed by atoms with Gasteiger partial charge in [0.05, 0.1) is 17.0 Å². The SMILES string of the molecule is CCC(=Nc1ccc(N2C[C@H]3CN(C)C[C@H]3C2)cc1)c1c(O)[nH]c2ccc(C(=O)NCC(C)C)cc12. The van der Waals surface area contributed by atoms with Crippen molar-refractivity contribution in [2.45, 2.75) is 27.2 Å². The number of aromatic hydroxyl groups is 1. The predicted molar refractivity (Wildman–Crippen MR) is 147 cm³/mol. The molecule has 3 heterocycles. The first-order valence-electron chi connectivity index (χ1n) is 13.1. The number of nitrogens with one attached hydrogen (secondary N) is 2. The van der Waals surface area contributed by atoms with Crippen LogP contribution in [0.1, 0.15) is 43.1 Å². The van der Waals surface area contributed by atoms with Crippen LogP contribution in [0.5, 0.6) is 5.88 Å². The molecule has 0 bridgehead atoms. The van der Waals surface area contributed by atoms with Gasteiger partial charge in [0.2, 0.25) is 0 Å². The lowest BCUT2D eigenvalue weighted by atomic mass is 10.0. The minimum atomic E-state index is -0.111. The second-order valence-corrected chi connectivity index (χ2v) is 10.8. The number of aromatic nitrogens is 1. The lowest BCUT2D eigenvalue weighted by Gasteiger charge is -2.21. The van der Waals surface area contributed by atoms with Gasteiger partial charge in [0.1, 0.15) is 0 Å². The minimum absolute atomic E-state index is 0.0792. The van der Waals surface area contributed by atoms with Crippen LogP contribution in [-0.2, 0) is 0 Å². The molecule has 2 atom stereocenters. The monoisotopic (exact) mass is 487 g/mol. The third kappa shape index (κ3) is 4.85. The summed E-state index contributed by atoms with van der Waals surface area (Å²) in [6.07, 6.45) is 0.648. The number of carbonyl (C=O) groups excluding carboxylic acids is 1. The van der Waals surface area contributed by atoms with Gasteiger partial charge in [-0.3, -0.25) is 9.79 Å². The summed E-state index contributed by atoms with van der Waals surface area (Å²) in [5.41, 5.74) is 4.90. The number of aromatic amines is 1. The summed E-state index contributed by atoms with van der Waals surface area (Å²) in [5.74, 6) is 1.88. The van der Waals surface area contributed by atoms with Crippen molar-refractivity contribution in [2.24, 2.45) is 22.7 Å². The average Bonchev–Trinajstić information content (AvgIpc) is 3.51. The molecular weight excluding hydrogens is 450 g/mol. The van der Waals surface area contributed by atoms with E-state index < -0.39 is 0 Å². The molecule has 5 rings (SSSR count). The van der Waals surface area contributed by atoms with Crippen LogP contribution in [0.4, 0.5) is 11.4 Å². The molecule has 1 amide bonds. The molecule has 2 fully saturated rings. The van der Waals surface area contributed by atoms with Gasteiger partial charge in [-0.1, -0.05) is 20.8 Å². The predicted octanol–water partition coefficient (Wildman–Crippen LogP) is 4.79. The van der Waals surface area contributed by atoms with Crippen molar-refractivity contribution < 1.29 is 9.90 Å². The molecule has 3 N–H and O–H groups in total. The molecular formula is C29H37N5O2. The smallest absolute Gasteiger partial charge is 0.251 e. The molecule has 7 heteroatoms. The number of H-pyrrole nitrogens is 1. The molecule has 2 aliphatic heterocycles. The van der Waals surface area contributed by atoms with Gasteiger partial charge in [-0.2, -0.15) is 0 Å². The van der Waals surface area contributed by atoms with Crippen molar-refractivity contribution in [3.63, 3.8) is 0 Å². The van der Waals surface area contributed by atoms with Gasteiger partial charge in [0, 0.05) is 54.9 Å². The van der Waals surface area contributed by atoms with Gasteiger partial charge in [-0.05, 0) is 73.7 Å². The van der Waals surface area contributed by atoms with Gasteiger partial charge < -0.3 is 25.2 Å². The zero-order valence-electron chi connectivity index (χ0n) is 21.7. The number of carbonyl (C=O) groups is 1. The van der Waals surface area contributed by atoms with Gasteiger partial charge in [0.25, 0.3) is 5.91 Å². The van der Waals surface area contributed by atoms with E-state index in [-0.39, 0.29) is 11.8 Å². The van der Waals surface area contributed by atoms with Crippen LogP contribution in [0.15, 0.2) is 47.5 Å². The Morgan fingerprint density at radius 3 is 2.44 bits per heavy atom. The number of fused-ring (bicyclic) bond motifs is 2. The number of benzene rings is 2. The van der Waals surface area contributed by atoms with E-state index in [0.29, 0.717) is 30.0 Å². The Morgan fingerprint density at radius 1 is 1.11 bits per heavy atom. The Hall–Kier alpha value is -3.32. The van der Waals surface area contributed by atoms with Crippen LogP contribution in [-0.4, -0.2) is 66.4 Å². The Morgan fingerprint density at radius 2 is 1.81 bits per heavy atom. The molecule has 1 aromatic heterocycles. The fraction of sp³-hybridized carbons (Fsp3) is 0.448. The second-order valence-electron chi connectivity index (χ2n) is 10.8. The largest absolute Gasteiger partial charge is 0.494 e. The Bertz CT molecular complexity index is 1260. The fourth-order valence-electron chi connectivity index (χ4n) is 5.65. The van der Waals surface area contributed by atoms with E-state index >= 15 is 0 Å². The third-order valence-electron chi connectivity index (χ3n) is 7.48. The lowest BCUT2D eigenvalue weighted by molar-refractivity contribution is 0.0949. The number of hydrogen-bond donors (Lipinski definition) is 3. The first-order valence-corrected chi connectivity index (χ1v) is 13.1. The molecule has 2 saturated heterocycles.